The largest absolute Gasteiger partial charge is 0.407 e. The minimum Gasteiger partial charge on any atom is -0.407 e. The van der Waals surface area contributed by atoms with Gasteiger partial charge in [-0.1, -0.05) is 105 Å². The number of aromatic nitrogens is 2. The van der Waals surface area contributed by atoms with E-state index in [1.165, 1.54) is 22.1 Å². The van der Waals surface area contributed by atoms with Gasteiger partial charge in [0.2, 0.25) is 0 Å². The van der Waals surface area contributed by atoms with Crippen molar-refractivity contribution >= 4 is 48.2 Å². The molecule has 1 N–H and O–H groups in total. The second-order valence-corrected chi connectivity index (χ2v) is 14.9. The summed E-state index contributed by atoms with van der Waals surface area (Å²) in [6.07, 6.45) is 5.00. The second-order valence-electron chi connectivity index (χ2n) is 9.87. The molecule has 5 nitrogen and oxygen atoms in total. The van der Waals surface area contributed by atoms with Crippen LogP contribution in [-0.4, -0.2) is 37.4 Å². The van der Waals surface area contributed by atoms with Crippen LogP contribution in [0.3, 0.4) is 0 Å². The van der Waals surface area contributed by atoms with Gasteiger partial charge in [-0.25, -0.2) is 9.97 Å². The normalized spacial score (nSPS) is 11.8. The maximum atomic E-state index is 11.5. The fourth-order valence-corrected chi connectivity index (χ4v) is 9.59. The van der Waals surface area contributed by atoms with Crippen molar-refractivity contribution in [1.82, 2.24) is 9.97 Å². The van der Waals surface area contributed by atoms with Gasteiger partial charge in [-0.2, -0.15) is 0 Å². The van der Waals surface area contributed by atoms with Crippen molar-refractivity contribution in [2.24, 2.45) is 0 Å². The number of thioether (sulfide) groups is 1. The van der Waals surface area contributed by atoms with Gasteiger partial charge in [0.05, 0.1) is 5.56 Å². The maximum absolute atomic E-state index is 11.5. The van der Waals surface area contributed by atoms with Gasteiger partial charge >= 0.3 is 0 Å². The smallest absolute Gasteiger partial charge is 0.261 e. The Bertz CT molecular complexity index is 1290. The van der Waals surface area contributed by atoms with E-state index in [0.29, 0.717) is 23.1 Å². The first kappa shape index (κ1) is 26.8. The molecule has 0 atom stereocenters. The van der Waals surface area contributed by atoms with E-state index < -0.39 is 8.32 Å². The number of nitrogens with zero attached hydrogens (tertiary/aromatic N) is 2. The third-order valence-corrected chi connectivity index (χ3v) is 12.0. The average molecular weight is 528 g/mol. The van der Waals surface area contributed by atoms with Gasteiger partial charge in [0.25, 0.3) is 8.32 Å². The second kappa shape index (κ2) is 11.9. The van der Waals surface area contributed by atoms with Crippen LogP contribution in [0.2, 0.25) is 5.04 Å². The molecule has 37 heavy (non-hydrogen) atoms. The number of carbonyl (C=O) groups is 1. The SMILES string of the molecule is CSc1ncc(C=O)c(Nc2cccc(CCO[Si](c3ccccc3)(c3ccccc3)C(C)(C)C)c2)n1. The van der Waals surface area contributed by atoms with E-state index in [-0.39, 0.29) is 5.04 Å². The number of nitrogens with one attached hydrogen (secondary N) is 1. The molecular weight excluding hydrogens is 495 g/mol. The van der Waals surface area contributed by atoms with Crippen molar-refractivity contribution < 1.29 is 9.22 Å². The Hall–Kier alpha value is -3.26. The summed E-state index contributed by atoms with van der Waals surface area (Å²) in [5.41, 5.74) is 2.45. The summed E-state index contributed by atoms with van der Waals surface area (Å²) in [4.78, 5) is 20.1. The molecule has 0 unspecified atom stereocenters. The van der Waals surface area contributed by atoms with E-state index in [2.05, 4.69) is 109 Å². The topological polar surface area (TPSA) is 64.1 Å². The Balaban J connectivity index is 1.58. The summed E-state index contributed by atoms with van der Waals surface area (Å²) in [5, 5.41) is 6.40. The van der Waals surface area contributed by atoms with E-state index >= 15 is 0 Å². The van der Waals surface area contributed by atoms with Gasteiger partial charge in [-0.3, -0.25) is 4.79 Å². The summed E-state index contributed by atoms with van der Waals surface area (Å²) in [6, 6.07) is 29.6. The lowest BCUT2D eigenvalue weighted by Crippen LogP contribution is -2.66. The highest BCUT2D eigenvalue weighted by Gasteiger charge is 2.49. The van der Waals surface area contributed by atoms with Crippen LogP contribution in [0.15, 0.2) is 96.3 Å². The van der Waals surface area contributed by atoms with Gasteiger partial charge in [-0.05, 0) is 45.8 Å². The van der Waals surface area contributed by atoms with Crippen molar-refractivity contribution in [3.8, 4) is 0 Å². The van der Waals surface area contributed by atoms with Crippen molar-refractivity contribution in [3.63, 3.8) is 0 Å². The molecule has 0 aliphatic carbocycles. The zero-order valence-electron chi connectivity index (χ0n) is 21.8. The molecule has 0 saturated carbocycles. The maximum Gasteiger partial charge on any atom is 0.261 e. The Morgan fingerprint density at radius 2 is 1.59 bits per heavy atom. The third kappa shape index (κ3) is 6.01. The van der Waals surface area contributed by atoms with E-state index in [1.807, 2.05) is 18.4 Å². The molecule has 4 rings (SSSR count). The molecule has 0 aliphatic heterocycles. The third-order valence-electron chi connectivity index (χ3n) is 6.42. The Morgan fingerprint density at radius 3 is 2.16 bits per heavy atom. The molecule has 4 aromatic rings. The zero-order valence-corrected chi connectivity index (χ0v) is 23.6. The van der Waals surface area contributed by atoms with Gasteiger partial charge in [0.1, 0.15) is 5.82 Å². The van der Waals surface area contributed by atoms with Crippen molar-refractivity contribution in [2.45, 2.75) is 37.4 Å². The van der Waals surface area contributed by atoms with Crippen LogP contribution in [0.5, 0.6) is 0 Å². The first-order valence-corrected chi connectivity index (χ1v) is 15.5. The average Bonchev–Trinajstić information content (AvgIpc) is 2.91. The standard InChI is InChI=1S/C30H33N3O2SSi/c1-30(2,3)37(26-14-7-5-8-15-26,27-16-9-6-10-17-27)35-19-18-23-12-11-13-25(20-23)32-28-24(22-34)21-31-29(33-28)36-4/h5-17,20-22H,18-19H2,1-4H3,(H,31,32,33). The summed E-state index contributed by atoms with van der Waals surface area (Å²) in [5.74, 6) is 0.509. The number of anilines is 2. The molecule has 0 saturated heterocycles. The molecule has 0 bridgehead atoms. The minimum atomic E-state index is -2.57. The molecule has 1 heterocycles. The van der Waals surface area contributed by atoms with Gasteiger partial charge in [0.15, 0.2) is 11.4 Å². The highest BCUT2D eigenvalue weighted by molar-refractivity contribution is 7.98. The van der Waals surface area contributed by atoms with Crippen LogP contribution in [0, 0.1) is 0 Å². The molecule has 7 heteroatoms. The van der Waals surface area contributed by atoms with Crippen molar-refractivity contribution in [1.29, 1.82) is 0 Å². The summed E-state index contributed by atoms with van der Waals surface area (Å²) in [7, 11) is -2.57. The number of benzene rings is 3. The van der Waals surface area contributed by atoms with Crippen LogP contribution in [0.4, 0.5) is 11.5 Å². The Labute approximate surface area is 224 Å². The summed E-state index contributed by atoms with van der Waals surface area (Å²) in [6.45, 7) is 7.47. The lowest BCUT2D eigenvalue weighted by atomic mass is 10.1. The highest BCUT2D eigenvalue weighted by atomic mass is 32.2. The molecule has 0 fully saturated rings. The number of aldehydes is 1. The first-order chi connectivity index (χ1) is 17.9. The van der Waals surface area contributed by atoms with E-state index in [9.17, 15) is 4.79 Å². The van der Waals surface area contributed by atoms with Crippen molar-refractivity contribution in [3.05, 3.63) is 102 Å². The number of hydrogen-bond donors (Lipinski definition) is 1. The molecule has 190 valence electrons. The highest BCUT2D eigenvalue weighted by Crippen LogP contribution is 2.36. The molecule has 0 radical (unpaired) electrons. The summed E-state index contributed by atoms with van der Waals surface area (Å²) >= 11 is 1.44. The van der Waals surface area contributed by atoms with Crippen LogP contribution in [-0.2, 0) is 10.8 Å². The number of carbonyl (C=O) groups excluding carboxylic acids is 1. The minimum absolute atomic E-state index is 0.0631. The number of rotatable bonds is 10. The lowest BCUT2D eigenvalue weighted by Gasteiger charge is -2.43. The number of hydrogen-bond acceptors (Lipinski definition) is 6. The predicted octanol–water partition coefficient (Wildman–Crippen LogP) is 5.87. The molecular formula is C30H33N3O2SSi. The fourth-order valence-electron chi connectivity index (χ4n) is 4.68. The van der Waals surface area contributed by atoms with Gasteiger partial charge in [0, 0.05) is 18.5 Å². The van der Waals surface area contributed by atoms with Crippen molar-refractivity contribution in [2.75, 3.05) is 18.2 Å². The zero-order chi connectivity index (χ0) is 26.3. The van der Waals surface area contributed by atoms with Crippen LogP contribution in [0.25, 0.3) is 0 Å². The van der Waals surface area contributed by atoms with Crippen LogP contribution in [0.1, 0.15) is 36.7 Å². The predicted molar refractivity (Wildman–Crippen MR) is 156 cm³/mol. The monoisotopic (exact) mass is 527 g/mol. The first-order valence-electron chi connectivity index (χ1n) is 12.3. The molecule has 0 spiro atoms. The van der Waals surface area contributed by atoms with E-state index in [1.54, 1.807) is 6.20 Å². The molecule has 3 aromatic carbocycles. The quantitative estimate of drug-likeness (QED) is 0.120. The fraction of sp³-hybridized carbons (Fsp3) is 0.233. The van der Waals surface area contributed by atoms with Gasteiger partial charge < -0.3 is 9.74 Å². The molecule has 0 aliphatic rings. The van der Waals surface area contributed by atoms with Gasteiger partial charge in [-0.15, -0.1) is 0 Å². The summed E-state index contributed by atoms with van der Waals surface area (Å²) < 4.78 is 7.04. The van der Waals surface area contributed by atoms with E-state index in [0.717, 1.165) is 24.0 Å². The lowest BCUT2D eigenvalue weighted by molar-refractivity contribution is 0.112. The van der Waals surface area contributed by atoms with E-state index in [4.69, 9.17) is 4.43 Å². The Kier molecular flexibility index (Phi) is 8.58. The Morgan fingerprint density at radius 1 is 0.946 bits per heavy atom. The van der Waals surface area contributed by atoms with Crippen LogP contribution >= 0.6 is 11.8 Å². The van der Waals surface area contributed by atoms with Crippen LogP contribution < -0.4 is 15.7 Å². The molecule has 1 aromatic heterocycles. The molecule has 0 amide bonds.